The first-order valence-corrected chi connectivity index (χ1v) is 10.5. The Morgan fingerprint density at radius 3 is 2.77 bits per heavy atom. The zero-order valence-electron chi connectivity index (χ0n) is 16.7. The number of aryl methyl sites for hydroxylation is 1. The summed E-state index contributed by atoms with van der Waals surface area (Å²) in [7, 11) is 0. The SMILES string of the molecule is CCc1ccccc1NC(=O)CCN1C(=S)N[C@@H](c2ccccn2)[C@@H]1c1ccco1. The Balaban J connectivity index is 1.49. The number of hydrogen-bond donors (Lipinski definition) is 2. The van der Waals surface area contributed by atoms with Crippen molar-refractivity contribution in [1.29, 1.82) is 0 Å². The molecule has 1 fully saturated rings. The minimum atomic E-state index is -0.168. The van der Waals surface area contributed by atoms with Crippen molar-refractivity contribution in [3.63, 3.8) is 0 Å². The molecule has 0 saturated carbocycles. The Bertz CT molecular complexity index is 1010. The number of anilines is 1. The first-order valence-electron chi connectivity index (χ1n) is 10.1. The highest BCUT2D eigenvalue weighted by Crippen LogP contribution is 2.38. The van der Waals surface area contributed by atoms with Crippen molar-refractivity contribution in [1.82, 2.24) is 15.2 Å². The maximum Gasteiger partial charge on any atom is 0.226 e. The number of carbonyl (C=O) groups is 1. The van der Waals surface area contributed by atoms with Gasteiger partial charge in [0.05, 0.1) is 18.0 Å². The molecule has 1 saturated heterocycles. The molecule has 0 aliphatic carbocycles. The molecule has 3 heterocycles. The van der Waals surface area contributed by atoms with Crippen LogP contribution in [0, 0.1) is 0 Å². The number of thiocarbonyl (C=S) groups is 1. The molecule has 2 N–H and O–H groups in total. The Labute approximate surface area is 181 Å². The number of aromatic nitrogens is 1. The normalized spacial score (nSPS) is 18.3. The molecular formula is C23H24N4O2S. The number of para-hydroxylation sites is 1. The standard InChI is InChI=1S/C23H24N4O2S/c1-2-16-8-3-4-9-17(16)25-20(28)12-14-27-22(19-11-7-15-29-19)21(26-23(27)30)18-10-5-6-13-24-18/h3-11,13,15,21-22H,2,12,14H2,1H3,(H,25,28)(H,26,30)/t21-,22-/m0/s1. The second-order valence-corrected chi connectivity index (χ2v) is 7.53. The molecule has 1 aromatic carbocycles. The van der Waals surface area contributed by atoms with Crippen LogP contribution in [0.3, 0.4) is 0 Å². The van der Waals surface area contributed by atoms with Crippen LogP contribution in [0.4, 0.5) is 5.69 Å². The average molecular weight is 421 g/mol. The number of rotatable bonds is 7. The molecule has 30 heavy (non-hydrogen) atoms. The summed E-state index contributed by atoms with van der Waals surface area (Å²) in [5, 5.41) is 6.97. The van der Waals surface area contributed by atoms with Gasteiger partial charge in [0.2, 0.25) is 5.91 Å². The summed E-state index contributed by atoms with van der Waals surface area (Å²) in [5.41, 5.74) is 2.86. The zero-order valence-corrected chi connectivity index (χ0v) is 17.6. The topological polar surface area (TPSA) is 70.4 Å². The molecule has 3 aromatic rings. The van der Waals surface area contributed by atoms with Gasteiger partial charge in [-0.2, -0.15) is 0 Å². The minimum Gasteiger partial charge on any atom is -0.467 e. The fraction of sp³-hybridized carbons (Fsp3) is 0.261. The molecule has 154 valence electrons. The molecule has 1 amide bonds. The summed E-state index contributed by atoms with van der Waals surface area (Å²) in [6.07, 6.45) is 4.59. The monoisotopic (exact) mass is 420 g/mol. The Kier molecular flexibility index (Phi) is 6.09. The van der Waals surface area contributed by atoms with E-state index < -0.39 is 0 Å². The van der Waals surface area contributed by atoms with Crippen LogP contribution in [0.2, 0.25) is 0 Å². The first-order chi connectivity index (χ1) is 14.7. The Hall–Kier alpha value is -3.19. The Morgan fingerprint density at radius 2 is 2.03 bits per heavy atom. The van der Waals surface area contributed by atoms with Crippen LogP contribution < -0.4 is 10.6 Å². The number of nitrogens with zero attached hydrogens (tertiary/aromatic N) is 2. The van der Waals surface area contributed by atoms with Crippen LogP contribution in [-0.2, 0) is 11.2 Å². The van der Waals surface area contributed by atoms with Gasteiger partial charge >= 0.3 is 0 Å². The van der Waals surface area contributed by atoms with Gasteiger partial charge in [-0.15, -0.1) is 0 Å². The van der Waals surface area contributed by atoms with Gasteiger partial charge in [0.1, 0.15) is 11.8 Å². The number of hydrogen-bond acceptors (Lipinski definition) is 4. The van der Waals surface area contributed by atoms with Gasteiger partial charge in [-0.25, -0.2) is 0 Å². The van der Waals surface area contributed by atoms with Crippen LogP contribution in [-0.4, -0.2) is 27.4 Å². The maximum atomic E-state index is 12.7. The van der Waals surface area contributed by atoms with Gasteiger partial charge in [-0.1, -0.05) is 31.2 Å². The lowest BCUT2D eigenvalue weighted by Crippen LogP contribution is -2.32. The lowest BCUT2D eigenvalue weighted by molar-refractivity contribution is -0.116. The molecule has 1 aliphatic heterocycles. The van der Waals surface area contributed by atoms with E-state index in [1.165, 1.54) is 0 Å². The van der Waals surface area contributed by atoms with E-state index in [1.54, 1.807) is 12.5 Å². The predicted octanol–water partition coefficient (Wildman–Crippen LogP) is 4.24. The largest absolute Gasteiger partial charge is 0.467 e. The number of furan rings is 1. The van der Waals surface area contributed by atoms with E-state index in [0.29, 0.717) is 18.1 Å². The fourth-order valence-electron chi connectivity index (χ4n) is 3.80. The van der Waals surface area contributed by atoms with Crippen LogP contribution >= 0.6 is 12.2 Å². The fourth-order valence-corrected chi connectivity index (χ4v) is 4.13. The predicted molar refractivity (Wildman–Crippen MR) is 120 cm³/mol. The number of benzene rings is 1. The molecule has 6 nitrogen and oxygen atoms in total. The Morgan fingerprint density at radius 1 is 1.20 bits per heavy atom. The molecule has 0 radical (unpaired) electrons. The van der Waals surface area contributed by atoms with E-state index >= 15 is 0 Å². The second-order valence-electron chi connectivity index (χ2n) is 7.14. The van der Waals surface area contributed by atoms with Crippen molar-refractivity contribution in [2.24, 2.45) is 0 Å². The molecule has 2 aromatic heterocycles. The first kappa shape index (κ1) is 20.1. The van der Waals surface area contributed by atoms with E-state index in [9.17, 15) is 4.79 Å². The van der Waals surface area contributed by atoms with Gasteiger partial charge in [0, 0.05) is 24.8 Å². The number of pyridine rings is 1. The quantitative estimate of drug-likeness (QED) is 0.557. The molecule has 0 unspecified atom stereocenters. The summed E-state index contributed by atoms with van der Waals surface area (Å²) >= 11 is 5.60. The highest BCUT2D eigenvalue weighted by molar-refractivity contribution is 7.80. The lowest BCUT2D eigenvalue weighted by Gasteiger charge is -2.25. The molecule has 0 bridgehead atoms. The lowest BCUT2D eigenvalue weighted by atomic mass is 10.0. The summed E-state index contributed by atoms with van der Waals surface area (Å²) in [4.78, 5) is 19.2. The van der Waals surface area contributed by atoms with Crippen molar-refractivity contribution in [3.8, 4) is 0 Å². The molecule has 2 atom stereocenters. The van der Waals surface area contributed by atoms with Crippen LogP contribution in [0.1, 0.15) is 42.4 Å². The van der Waals surface area contributed by atoms with E-state index in [-0.39, 0.29) is 18.0 Å². The van der Waals surface area contributed by atoms with Gasteiger partial charge in [0.15, 0.2) is 5.11 Å². The van der Waals surface area contributed by atoms with Crippen LogP contribution in [0.25, 0.3) is 0 Å². The maximum absolute atomic E-state index is 12.7. The van der Waals surface area contributed by atoms with Crippen molar-refractivity contribution >= 4 is 28.9 Å². The van der Waals surface area contributed by atoms with Gasteiger partial charge in [0.25, 0.3) is 0 Å². The van der Waals surface area contributed by atoms with E-state index in [1.807, 2.05) is 59.5 Å². The van der Waals surface area contributed by atoms with Crippen molar-refractivity contribution in [2.45, 2.75) is 31.8 Å². The van der Waals surface area contributed by atoms with Crippen LogP contribution in [0.15, 0.2) is 71.5 Å². The average Bonchev–Trinajstić information content (AvgIpc) is 3.41. The van der Waals surface area contributed by atoms with E-state index in [0.717, 1.165) is 29.1 Å². The van der Waals surface area contributed by atoms with Crippen LogP contribution in [0.5, 0.6) is 0 Å². The summed E-state index contributed by atoms with van der Waals surface area (Å²) < 4.78 is 5.71. The second kappa shape index (κ2) is 9.09. The summed E-state index contributed by atoms with van der Waals surface area (Å²) in [6, 6.07) is 17.1. The van der Waals surface area contributed by atoms with Gasteiger partial charge < -0.3 is 20.0 Å². The third kappa shape index (κ3) is 4.21. The third-order valence-electron chi connectivity index (χ3n) is 5.28. The minimum absolute atomic E-state index is 0.0434. The highest BCUT2D eigenvalue weighted by Gasteiger charge is 2.41. The highest BCUT2D eigenvalue weighted by atomic mass is 32.1. The van der Waals surface area contributed by atoms with Gasteiger partial charge in [-0.3, -0.25) is 9.78 Å². The van der Waals surface area contributed by atoms with Crippen molar-refractivity contribution < 1.29 is 9.21 Å². The molecular weight excluding hydrogens is 396 g/mol. The number of carbonyl (C=O) groups excluding carboxylic acids is 1. The number of nitrogens with one attached hydrogen (secondary N) is 2. The summed E-state index contributed by atoms with van der Waals surface area (Å²) in [5.74, 6) is 0.743. The molecule has 0 spiro atoms. The summed E-state index contributed by atoms with van der Waals surface area (Å²) in [6.45, 7) is 2.55. The van der Waals surface area contributed by atoms with E-state index in [4.69, 9.17) is 16.6 Å². The van der Waals surface area contributed by atoms with Gasteiger partial charge in [-0.05, 0) is 54.5 Å². The molecule has 1 aliphatic rings. The molecule has 4 rings (SSSR count). The van der Waals surface area contributed by atoms with Crippen molar-refractivity contribution in [3.05, 3.63) is 84.1 Å². The van der Waals surface area contributed by atoms with Crippen molar-refractivity contribution in [2.75, 3.05) is 11.9 Å². The smallest absolute Gasteiger partial charge is 0.226 e. The number of amides is 1. The zero-order chi connectivity index (χ0) is 20.9. The molecule has 7 heteroatoms. The van der Waals surface area contributed by atoms with E-state index in [2.05, 4.69) is 22.5 Å². The third-order valence-corrected chi connectivity index (χ3v) is 5.64.